The third-order valence-electron chi connectivity index (χ3n) is 2.41. The van der Waals surface area contributed by atoms with Crippen LogP contribution in [0.25, 0.3) is 0 Å². The normalized spacial score (nSPS) is 15.3. The van der Waals surface area contributed by atoms with E-state index in [0.717, 1.165) is 19.4 Å². The fraction of sp³-hybridized carbons (Fsp3) is 0.833. The molecule has 0 aromatic carbocycles. The molecule has 0 bridgehead atoms. The van der Waals surface area contributed by atoms with Gasteiger partial charge in [-0.15, -0.1) is 0 Å². The molecule has 1 aliphatic carbocycles. The van der Waals surface area contributed by atoms with Gasteiger partial charge in [-0.05, 0) is 26.7 Å². The maximum atomic E-state index is 11.5. The second-order valence-corrected chi connectivity index (χ2v) is 4.16. The van der Waals surface area contributed by atoms with E-state index in [2.05, 4.69) is 20.9 Å². The average molecular weight is 256 g/mol. The molecule has 6 heteroatoms. The van der Waals surface area contributed by atoms with Gasteiger partial charge in [0.2, 0.25) is 5.91 Å². The van der Waals surface area contributed by atoms with Crippen molar-refractivity contribution in [2.24, 2.45) is 4.99 Å². The molecule has 0 radical (unpaired) electrons. The van der Waals surface area contributed by atoms with Crippen LogP contribution in [0.15, 0.2) is 4.99 Å². The minimum Gasteiger partial charge on any atom is -0.380 e. The van der Waals surface area contributed by atoms with E-state index in [1.807, 2.05) is 13.8 Å². The molecule has 3 N–H and O–H groups in total. The molecule has 0 atom stereocenters. The lowest BCUT2D eigenvalue weighted by molar-refractivity contribution is -0.119. The van der Waals surface area contributed by atoms with Crippen LogP contribution in [0.4, 0.5) is 0 Å². The molecule has 0 heterocycles. The zero-order valence-electron chi connectivity index (χ0n) is 11.3. The molecule has 1 fully saturated rings. The van der Waals surface area contributed by atoms with E-state index >= 15 is 0 Å². The molecule has 104 valence electrons. The molecule has 0 spiro atoms. The van der Waals surface area contributed by atoms with E-state index < -0.39 is 0 Å². The third kappa shape index (κ3) is 7.11. The molecule has 0 aromatic rings. The van der Waals surface area contributed by atoms with Crippen LogP contribution in [0.2, 0.25) is 0 Å². The Kier molecular flexibility index (Phi) is 7.17. The smallest absolute Gasteiger partial charge is 0.242 e. The van der Waals surface area contributed by atoms with Crippen molar-refractivity contribution in [1.29, 1.82) is 0 Å². The Balaban J connectivity index is 2.22. The Morgan fingerprint density at radius 2 is 2.11 bits per heavy atom. The molecule has 0 saturated heterocycles. The van der Waals surface area contributed by atoms with Gasteiger partial charge in [0.25, 0.3) is 0 Å². The maximum Gasteiger partial charge on any atom is 0.242 e. The highest BCUT2D eigenvalue weighted by molar-refractivity contribution is 5.85. The Morgan fingerprint density at radius 3 is 2.72 bits per heavy atom. The lowest BCUT2D eigenvalue weighted by atomic mass is 10.5. The summed E-state index contributed by atoms with van der Waals surface area (Å²) in [5, 5.41) is 9.10. The number of carbonyl (C=O) groups excluding carboxylic acids is 1. The van der Waals surface area contributed by atoms with E-state index in [4.69, 9.17) is 4.74 Å². The zero-order chi connectivity index (χ0) is 13.2. The van der Waals surface area contributed by atoms with Crippen LogP contribution < -0.4 is 16.0 Å². The van der Waals surface area contributed by atoms with Gasteiger partial charge in [0.15, 0.2) is 5.96 Å². The number of nitrogens with zero attached hydrogens (tertiary/aromatic N) is 1. The second kappa shape index (κ2) is 8.74. The number of carbonyl (C=O) groups is 1. The van der Waals surface area contributed by atoms with Gasteiger partial charge < -0.3 is 20.7 Å². The average Bonchev–Trinajstić information content (AvgIpc) is 3.15. The molecule has 6 nitrogen and oxygen atoms in total. The van der Waals surface area contributed by atoms with E-state index in [9.17, 15) is 4.79 Å². The molecule has 0 aliphatic heterocycles. The number of hydrogen-bond acceptors (Lipinski definition) is 3. The highest BCUT2D eigenvalue weighted by Gasteiger charge is 2.22. The van der Waals surface area contributed by atoms with Crippen LogP contribution in [-0.4, -0.2) is 50.8 Å². The summed E-state index contributed by atoms with van der Waals surface area (Å²) in [5.74, 6) is 0.641. The minimum absolute atomic E-state index is 0.0143. The number of hydrogen-bond donors (Lipinski definition) is 3. The maximum absolute atomic E-state index is 11.5. The quantitative estimate of drug-likeness (QED) is 0.321. The van der Waals surface area contributed by atoms with Crippen LogP contribution in [0.5, 0.6) is 0 Å². The highest BCUT2D eigenvalue weighted by atomic mass is 16.5. The summed E-state index contributed by atoms with van der Waals surface area (Å²) in [6.45, 7) is 6.91. The largest absolute Gasteiger partial charge is 0.380 e. The number of ether oxygens (including phenoxy) is 1. The summed E-state index contributed by atoms with van der Waals surface area (Å²) in [7, 11) is 0. The van der Waals surface area contributed by atoms with Crippen molar-refractivity contribution < 1.29 is 9.53 Å². The summed E-state index contributed by atoms with van der Waals surface area (Å²) in [6, 6.07) is 0.390. The first kappa shape index (κ1) is 14.8. The van der Waals surface area contributed by atoms with E-state index in [-0.39, 0.29) is 12.5 Å². The summed E-state index contributed by atoms with van der Waals surface area (Å²) in [5.41, 5.74) is 0. The summed E-state index contributed by atoms with van der Waals surface area (Å²) in [4.78, 5) is 15.7. The number of amides is 1. The van der Waals surface area contributed by atoms with E-state index in [1.165, 1.54) is 0 Å². The minimum atomic E-state index is -0.0143. The lowest BCUT2D eigenvalue weighted by Gasteiger charge is -2.11. The first-order valence-electron chi connectivity index (χ1n) is 6.65. The number of nitrogens with one attached hydrogen (secondary N) is 3. The fourth-order valence-corrected chi connectivity index (χ4v) is 1.38. The molecule has 1 rings (SSSR count). The number of guanidine groups is 1. The molecule has 18 heavy (non-hydrogen) atoms. The van der Waals surface area contributed by atoms with Gasteiger partial charge in [-0.2, -0.15) is 0 Å². The van der Waals surface area contributed by atoms with Gasteiger partial charge in [-0.25, -0.2) is 4.99 Å². The van der Waals surface area contributed by atoms with Crippen LogP contribution in [0, 0.1) is 0 Å². The van der Waals surface area contributed by atoms with Crippen molar-refractivity contribution in [2.75, 3.05) is 32.8 Å². The van der Waals surface area contributed by atoms with Gasteiger partial charge >= 0.3 is 0 Å². The first-order chi connectivity index (χ1) is 8.76. The summed E-state index contributed by atoms with van der Waals surface area (Å²) in [6.07, 6.45) is 2.20. The molecular formula is C12H24N4O2. The van der Waals surface area contributed by atoms with Crippen molar-refractivity contribution in [3.8, 4) is 0 Å². The van der Waals surface area contributed by atoms with Gasteiger partial charge in [0.05, 0.1) is 6.61 Å². The van der Waals surface area contributed by atoms with Crippen molar-refractivity contribution in [1.82, 2.24) is 16.0 Å². The monoisotopic (exact) mass is 256 g/mol. The summed E-state index contributed by atoms with van der Waals surface area (Å²) >= 11 is 0. The van der Waals surface area contributed by atoms with Gasteiger partial charge in [0, 0.05) is 25.7 Å². The number of rotatable bonds is 8. The van der Waals surface area contributed by atoms with Gasteiger partial charge in [-0.3, -0.25) is 4.79 Å². The lowest BCUT2D eigenvalue weighted by Crippen LogP contribution is -2.40. The van der Waals surface area contributed by atoms with Crippen LogP contribution in [-0.2, 0) is 9.53 Å². The van der Waals surface area contributed by atoms with Crippen LogP contribution in [0.1, 0.15) is 26.7 Å². The fourth-order valence-electron chi connectivity index (χ4n) is 1.38. The van der Waals surface area contributed by atoms with Gasteiger partial charge in [0.1, 0.15) is 6.54 Å². The van der Waals surface area contributed by atoms with Crippen LogP contribution >= 0.6 is 0 Å². The molecule has 1 aliphatic rings. The Bertz CT molecular complexity index is 277. The Morgan fingerprint density at radius 1 is 1.33 bits per heavy atom. The molecule has 0 unspecified atom stereocenters. The van der Waals surface area contributed by atoms with Crippen molar-refractivity contribution in [3.05, 3.63) is 0 Å². The highest BCUT2D eigenvalue weighted by Crippen LogP contribution is 2.18. The Hall–Kier alpha value is -1.30. The zero-order valence-corrected chi connectivity index (χ0v) is 11.3. The summed E-state index contributed by atoms with van der Waals surface area (Å²) < 4.78 is 5.22. The molecular weight excluding hydrogens is 232 g/mol. The predicted molar refractivity (Wildman–Crippen MR) is 71.6 cm³/mol. The topological polar surface area (TPSA) is 74.8 Å². The van der Waals surface area contributed by atoms with Crippen LogP contribution in [0.3, 0.4) is 0 Å². The van der Waals surface area contributed by atoms with Crippen molar-refractivity contribution >= 4 is 11.9 Å². The van der Waals surface area contributed by atoms with Gasteiger partial charge in [-0.1, -0.05) is 0 Å². The predicted octanol–water partition coefficient (Wildman–Crippen LogP) is -0.143. The SMILES string of the molecule is CCNC(=NCC(=O)NC1CC1)NCCOCC. The van der Waals surface area contributed by atoms with Crippen molar-refractivity contribution in [2.45, 2.75) is 32.7 Å². The Labute approximate surface area is 109 Å². The van der Waals surface area contributed by atoms with E-state index in [0.29, 0.717) is 31.8 Å². The van der Waals surface area contributed by atoms with E-state index in [1.54, 1.807) is 0 Å². The molecule has 1 saturated carbocycles. The standard InChI is InChI=1S/C12H24N4O2/c1-3-13-12(14-7-8-18-4-2)15-9-11(17)16-10-5-6-10/h10H,3-9H2,1-2H3,(H,16,17)(H2,13,14,15). The first-order valence-corrected chi connectivity index (χ1v) is 6.65. The third-order valence-corrected chi connectivity index (χ3v) is 2.41. The number of aliphatic imine (C=N–C) groups is 1. The second-order valence-electron chi connectivity index (χ2n) is 4.16. The molecule has 0 aromatic heterocycles. The molecule has 1 amide bonds. The van der Waals surface area contributed by atoms with Crippen molar-refractivity contribution in [3.63, 3.8) is 0 Å².